The first-order valence-electron chi connectivity index (χ1n) is 4.68. The normalized spacial score (nSPS) is 16.4. The molecule has 1 aromatic rings. The van der Waals surface area contributed by atoms with Crippen LogP contribution in [0.25, 0.3) is 0 Å². The van der Waals surface area contributed by atoms with Gasteiger partial charge < -0.3 is 15.9 Å². The van der Waals surface area contributed by atoms with E-state index in [2.05, 4.69) is 0 Å². The Morgan fingerprint density at radius 1 is 1.33 bits per heavy atom. The predicted octanol–water partition coefficient (Wildman–Crippen LogP) is 0.823. The van der Waals surface area contributed by atoms with Gasteiger partial charge in [0.1, 0.15) is 6.10 Å². The van der Waals surface area contributed by atoms with Gasteiger partial charge >= 0.3 is 0 Å². The molecule has 4 N–H and O–H groups in total. The molecule has 3 atom stereocenters. The van der Waals surface area contributed by atoms with Crippen LogP contribution in [0.15, 0.2) is 24.3 Å². The Balaban J connectivity index is 2.91. The van der Waals surface area contributed by atoms with E-state index < -0.39 is 18.1 Å². The molecule has 0 aromatic heterocycles. The summed E-state index contributed by atoms with van der Waals surface area (Å²) in [5, 5.41) is 28.0. The van der Waals surface area contributed by atoms with Crippen molar-refractivity contribution in [3.05, 3.63) is 29.8 Å². The molecule has 0 saturated heterocycles. The van der Waals surface area contributed by atoms with Gasteiger partial charge in [0.2, 0.25) is 0 Å². The van der Waals surface area contributed by atoms with Gasteiger partial charge in [-0.05, 0) is 13.0 Å². The molecule has 80 valence electrons. The summed E-state index contributed by atoms with van der Waals surface area (Å²) in [4.78, 5) is 0. The molecule has 1 rings (SSSR count). The van der Waals surface area contributed by atoms with Crippen molar-refractivity contribution >= 4 is 5.69 Å². The van der Waals surface area contributed by atoms with Crippen LogP contribution in [0.1, 0.15) is 18.6 Å². The summed E-state index contributed by atoms with van der Waals surface area (Å²) in [6.45, 7) is 1.55. The predicted molar refractivity (Wildman–Crippen MR) is 56.6 cm³/mol. The van der Waals surface area contributed by atoms with E-state index in [0.29, 0.717) is 11.3 Å². The molecular weight excluding hydrogens is 192 g/mol. The van der Waals surface area contributed by atoms with Crippen molar-refractivity contribution in [1.29, 1.82) is 5.26 Å². The van der Waals surface area contributed by atoms with Gasteiger partial charge in [0.15, 0.2) is 0 Å². The van der Waals surface area contributed by atoms with E-state index in [0.717, 1.165) is 0 Å². The van der Waals surface area contributed by atoms with Crippen LogP contribution in [-0.2, 0) is 0 Å². The molecule has 0 heterocycles. The average molecular weight is 206 g/mol. The summed E-state index contributed by atoms with van der Waals surface area (Å²) < 4.78 is 0. The zero-order valence-corrected chi connectivity index (χ0v) is 8.46. The zero-order chi connectivity index (χ0) is 11.4. The van der Waals surface area contributed by atoms with Gasteiger partial charge in [-0.2, -0.15) is 5.26 Å². The molecule has 1 unspecified atom stereocenters. The van der Waals surface area contributed by atoms with Crippen molar-refractivity contribution in [2.75, 3.05) is 5.73 Å². The first-order chi connectivity index (χ1) is 7.07. The Morgan fingerprint density at radius 2 is 1.93 bits per heavy atom. The molecule has 4 nitrogen and oxygen atoms in total. The van der Waals surface area contributed by atoms with E-state index in [1.54, 1.807) is 31.2 Å². The van der Waals surface area contributed by atoms with Crippen molar-refractivity contribution in [3.8, 4) is 6.07 Å². The summed E-state index contributed by atoms with van der Waals surface area (Å²) in [6.07, 6.45) is -2.25. The molecule has 15 heavy (non-hydrogen) atoms. The van der Waals surface area contributed by atoms with Gasteiger partial charge in [0, 0.05) is 11.3 Å². The largest absolute Gasteiger partial charge is 0.398 e. The maximum Gasteiger partial charge on any atom is 0.108 e. The molecule has 0 aliphatic heterocycles. The van der Waals surface area contributed by atoms with Crippen molar-refractivity contribution in [3.63, 3.8) is 0 Å². The van der Waals surface area contributed by atoms with E-state index in [1.807, 2.05) is 6.07 Å². The summed E-state index contributed by atoms with van der Waals surface area (Å²) in [5.41, 5.74) is 6.51. The number of nitrogen functional groups attached to an aromatic ring is 1. The SMILES string of the molecule is CC(C#N)[C@H](O)[C@@H](O)c1ccccc1N. The van der Waals surface area contributed by atoms with Crippen LogP contribution < -0.4 is 5.73 Å². The van der Waals surface area contributed by atoms with Gasteiger partial charge in [-0.1, -0.05) is 18.2 Å². The fourth-order valence-corrected chi connectivity index (χ4v) is 1.31. The maximum atomic E-state index is 9.79. The van der Waals surface area contributed by atoms with Crippen molar-refractivity contribution < 1.29 is 10.2 Å². The molecule has 0 saturated carbocycles. The Morgan fingerprint density at radius 3 is 2.47 bits per heavy atom. The third-order valence-corrected chi connectivity index (χ3v) is 2.35. The zero-order valence-electron chi connectivity index (χ0n) is 8.46. The summed E-state index contributed by atoms with van der Waals surface area (Å²) in [7, 11) is 0. The highest BCUT2D eigenvalue weighted by Crippen LogP contribution is 2.25. The van der Waals surface area contributed by atoms with E-state index in [-0.39, 0.29) is 0 Å². The van der Waals surface area contributed by atoms with Gasteiger partial charge in [0.05, 0.1) is 18.1 Å². The van der Waals surface area contributed by atoms with Gasteiger partial charge in [-0.3, -0.25) is 0 Å². The fourth-order valence-electron chi connectivity index (χ4n) is 1.31. The minimum absolute atomic E-state index is 0.411. The van der Waals surface area contributed by atoms with E-state index in [1.165, 1.54) is 0 Å². The second-order valence-electron chi connectivity index (χ2n) is 3.48. The number of anilines is 1. The Kier molecular flexibility index (Phi) is 3.67. The molecule has 4 heteroatoms. The first kappa shape index (κ1) is 11.5. The Labute approximate surface area is 88.6 Å². The van der Waals surface area contributed by atoms with E-state index >= 15 is 0 Å². The number of nitrogens with zero attached hydrogens (tertiary/aromatic N) is 1. The summed E-state index contributed by atoms with van der Waals surface area (Å²) in [6, 6.07) is 8.62. The highest BCUT2D eigenvalue weighted by Gasteiger charge is 2.25. The quantitative estimate of drug-likeness (QED) is 0.639. The highest BCUT2D eigenvalue weighted by molar-refractivity contribution is 5.48. The average Bonchev–Trinajstić information content (AvgIpc) is 2.26. The number of hydrogen-bond donors (Lipinski definition) is 3. The molecule has 0 spiro atoms. The lowest BCUT2D eigenvalue weighted by molar-refractivity contribution is -0.000496. The van der Waals surface area contributed by atoms with Crippen LogP contribution in [0.4, 0.5) is 5.69 Å². The van der Waals surface area contributed by atoms with Crippen molar-refractivity contribution in [2.24, 2.45) is 5.92 Å². The molecule has 0 bridgehead atoms. The summed E-state index contributed by atoms with van der Waals surface area (Å²) in [5.74, 6) is -0.639. The van der Waals surface area contributed by atoms with Gasteiger partial charge in [0.25, 0.3) is 0 Å². The second kappa shape index (κ2) is 4.78. The van der Waals surface area contributed by atoms with Crippen LogP contribution in [-0.4, -0.2) is 16.3 Å². The second-order valence-corrected chi connectivity index (χ2v) is 3.48. The maximum absolute atomic E-state index is 9.79. The number of rotatable bonds is 3. The molecular formula is C11H14N2O2. The number of nitrogens with two attached hydrogens (primary N) is 1. The molecule has 0 amide bonds. The number of benzene rings is 1. The number of aliphatic hydroxyl groups is 2. The van der Waals surface area contributed by atoms with E-state index in [9.17, 15) is 10.2 Å². The summed E-state index contributed by atoms with van der Waals surface area (Å²) >= 11 is 0. The number of para-hydroxylation sites is 1. The topological polar surface area (TPSA) is 90.3 Å². The van der Waals surface area contributed by atoms with Gasteiger partial charge in [-0.25, -0.2) is 0 Å². The third-order valence-electron chi connectivity index (χ3n) is 2.35. The minimum atomic E-state index is -1.13. The highest BCUT2D eigenvalue weighted by atomic mass is 16.3. The fraction of sp³-hybridized carbons (Fsp3) is 0.364. The number of nitriles is 1. The molecule has 1 aromatic carbocycles. The van der Waals surface area contributed by atoms with E-state index in [4.69, 9.17) is 11.0 Å². The minimum Gasteiger partial charge on any atom is -0.398 e. The third kappa shape index (κ3) is 2.46. The molecule has 0 radical (unpaired) electrons. The Hall–Kier alpha value is -1.57. The van der Waals surface area contributed by atoms with Crippen LogP contribution in [0.3, 0.4) is 0 Å². The lowest BCUT2D eigenvalue weighted by Gasteiger charge is -2.20. The lowest BCUT2D eigenvalue weighted by Crippen LogP contribution is -2.25. The number of aliphatic hydroxyl groups excluding tert-OH is 2. The smallest absolute Gasteiger partial charge is 0.108 e. The molecule has 0 fully saturated rings. The molecule has 0 aliphatic rings. The standard InChI is InChI=1S/C11H14N2O2/c1-7(6-12)10(14)11(15)8-4-2-3-5-9(8)13/h2-5,7,10-11,14-15H,13H2,1H3/t7?,10-,11-/m0/s1. The number of hydrogen-bond acceptors (Lipinski definition) is 4. The first-order valence-corrected chi connectivity index (χ1v) is 4.68. The van der Waals surface area contributed by atoms with Crippen molar-refractivity contribution in [2.45, 2.75) is 19.1 Å². The molecule has 0 aliphatic carbocycles. The monoisotopic (exact) mass is 206 g/mol. The lowest BCUT2D eigenvalue weighted by atomic mass is 9.95. The van der Waals surface area contributed by atoms with Gasteiger partial charge in [-0.15, -0.1) is 0 Å². The van der Waals surface area contributed by atoms with Crippen LogP contribution in [0, 0.1) is 17.2 Å². The Bertz CT molecular complexity index is 373. The van der Waals surface area contributed by atoms with Crippen LogP contribution in [0.5, 0.6) is 0 Å². The van der Waals surface area contributed by atoms with Crippen LogP contribution >= 0.6 is 0 Å². The van der Waals surface area contributed by atoms with Crippen molar-refractivity contribution in [1.82, 2.24) is 0 Å². The van der Waals surface area contributed by atoms with Crippen LogP contribution in [0.2, 0.25) is 0 Å².